The molecule has 3 aromatic heterocycles. The van der Waals surface area contributed by atoms with Crippen molar-refractivity contribution in [1.29, 1.82) is 0 Å². The molecule has 1 aromatic carbocycles. The minimum Gasteiger partial charge on any atom is -0.381 e. The van der Waals surface area contributed by atoms with Crippen LogP contribution in [0.5, 0.6) is 0 Å². The molecule has 0 aliphatic heterocycles. The van der Waals surface area contributed by atoms with Gasteiger partial charge in [0.25, 0.3) is 10.0 Å². The van der Waals surface area contributed by atoms with Crippen molar-refractivity contribution < 1.29 is 13.2 Å². The lowest BCUT2D eigenvalue weighted by atomic mass is 9.78. The third kappa shape index (κ3) is 3.57. The predicted molar refractivity (Wildman–Crippen MR) is 116 cm³/mol. The fraction of sp³-hybridized carbons (Fsp3) is 0.286. The van der Waals surface area contributed by atoms with Crippen LogP contribution in [0.15, 0.2) is 60.0 Å². The van der Waals surface area contributed by atoms with Gasteiger partial charge in [-0.15, -0.1) is 0 Å². The van der Waals surface area contributed by atoms with Gasteiger partial charge in [-0.05, 0) is 42.5 Å². The van der Waals surface area contributed by atoms with Crippen LogP contribution in [0.2, 0.25) is 0 Å². The highest BCUT2D eigenvalue weighted by molar-refractivity contribution is 7.92. The minimum absolute atomic E-state index is 0.0574. The Hall–Kier alpha value is -3.24. The summed E-state index contributed by atoms with van der Waals surface area (Å²) in [5, 5.41) is 9.28. The van der Waals surface area contributed by atoms with Crippen LogP contribution in [0.3, 0.4) is 0 Å². The van der Waals surface area contributed by atoms with Crippen molar-refractivity contribution in [1.82, 2.24) is 24.5 Å². The van der Waals surface area contributed by atoms with Gasteiger partial charge in [-0.1, -0.05) is 12.1 Å². The van der Waals surface area contributed by atoms with E-state index < -0.39 is 10.0 Å². The van der Waals surface area contributed by atoms with Crippen molar-refractivity contribution in [2.45, 2.75) is 29.8 Å². The number of hydrogen-bond donors (Lipinski definition) is 1. The highest BCUT2D eigenvalue weighted by Gasteiger charge is 2.30. The number of rotatable bonds is 6. The van der Waals surface area contributed by atoms with Crippen LogP contribution in [0.25, 0.3) is 16.7 Å². The molecule has 31 heavy (non-hydrogen) atoms. The summed E-state index contributed by atoms with van der Waals surface area (Å²) in [7, 11) is -0.335. The maximum absolute atomic E-state index is 13.0. The van der Waals surface area contributed by atoms with Crippen molar-refractivity contribution >= 4 is 26.6 Å². The lowest BCUT2D eigenvalue weighted by molar-refractivity contribution is 0.0257. The van der Waals surface area contributed by atoms with Gasteiger partial charge < -0.3 is 4.74 Å². The van der Waals surface area contributed by atoms with Crippen LogP contribution < -0.4 is 4.72 Å². The molecular weight excluding hydrogens is 416 g/mol. The molecule has 1 aliphatic rings. The van der Waals surface area contributed by atoms with E-state index in [9.17, 15) is 8.42 Å². The number of benzene rings is 1. The van der Waals surface area contributed by atoms with Crippen LogP contribution in [-0.2, 0) is 21.8 Å². The third-order valence-electron chi connectivity index (χ3n) is 5.78. The monoisotopic (exact) mass is 438 g/mol. The molecule has 0 atom stereocenters. The van der Waals surface area contributed by atoms with Crippen molar-refractivity contribution in [3.8, 4) is 5.82 Å². The molecule has 160 valence electrons. The molecule has 0 unspecified atom stereocenters. The van der Waals surface area contributed by atoms with Crippen LogP contribution in [0, 0.1) is 0 Å². The van der Waals surface area contributed by atoms with Gasteiger partial charge in [0, 0.05) is 25.7 Å². The first-order chi connectivity index (χ1) is 14.9. The molecule has 3 heterocycles. The number of para-hydroxylation sites is 1. The second-order valence-corrected chi connectivity index (χ2v) is 9.39. The van der Waals surface area contributed by atoms with Gasteiger partial charge in [-0.3, -0.25) is 9.40 Å². The maximum Gasteiger partial charge on any atom is 0.265 e. The molecule has 0 saturated heterocycles. The molecule has 1 N–H and O–H groups in total. The first-order valence-corrected chi connectivity index (χ1v) is 11.4. The Balaban J connectivity index is 1.41. The number of aryl methyl sites for hydroxylation is 1. The third-order valence-corrected chi connectivity index (χ3v) is 7.10. The van der Waals surface area contributed by atoms with E-state index >= 15 is 0 Å². The zero-order valence-corrected chi connectivity index (χ0v) is 18.0. The van der Waals surface area contributed by atoms with Gasteiger partial charge in [-0.2, -0.15) is 10.2 Å². The Morgan fingerprint density at radius 3 is 2.81 bits per heavy atom. The zero-order valence-electron chi connectivity index (χ0n) is 17.1. The molecule has 1 aliphatic carbocycles. The number of ether oxygens (including phenoxy) is 1. The number of nitrogens with one attached hydrogen (secondary N) is 1. The van der Waals surface area contributed by atoms with E-state index in [0.29, 0.717) is 29.0 Å². The Labute approximate surface area is 179 Å². The number of methoxy groups -OCH3 is 1. The van der Waals surface area contributed by atoms with Crippen LogP contribution in [0.1, 0.15) is 24.3 Å². The highest BCUT2D eigenvalue weighted by atomic mass is 32.2. The van der Waals surface area contributed by atoms with E-state index in [1.165, 1.54) is 17.1 Å². The van der Waals surface area contributed by atoms with E-state index in [1.54, 1.807) is 43.4 Å². The van der Waals surface area contributed by atoms with Gasteiger partial charge in [0.1, 0.15) is 4.90 Å². The van der Waals surface area contributed by atoms with E-state index in [4.69, 9.17) is 4.74 Å². The number of fused-ring (bicyclic) bond motifs is 1. The molecule has 4 aromatic rings. The topological polar surface area (TPSA) is 104 Å². The first kappa shape index (κ1) is 19.7. The van der Waals surface area contributed by atoms with Gasteiger partial charge in [0.2, 0.25) is 0 Å². The molecule has 10 heteroatoms. The largest absolute Gasteiger partial charge is 0.381 e. The lowest BCUT2D eigenvalue weighted by Gasteiger charge is -2.34. The number of anilines is 1. The first-order valence-electron chi connectivity index (χ1n) is 9.92. The average Bonchev–Trinajstić information content (AvgIpc) is 3.36. The summed E-state index contributed by atoms with van der Waals surface area (Å²) in [6, 6.07) is 9.31. The molecule has 0 spiro atoms. The maximum atomic E-state index is 13.0. The van der Waals surface area contributed by atoms with Crippen LogP contribution >= 0.6 is 0 Å². The van der Waals surface area contributed by atoms with Crippen LogP contribution in [-0.4, -0.2) is 46.2 Å². The van der Waals surface area contributed by atoms with Crippen molar-refractivity contribution in [3.63, 3.8) is 0 Å². The fourth-order valence-corrected chi connectivity index (χ4v) is 4.93. The van der Waals surface area contributed by atoms with Gasteiger partial charge in [0.15, 0.2) is 5.82 Å². The summed E-state index contributed by atoms with van der Waals surface area (Å²) in [6.07, 6.45) is 8.46. The quantitative estimate of drug-likeness (QED) is 0.496. The van der Waals surface area contributed by atoms with Gasteiger partial charge in [0.05, 0.1) is 35.9 Å². The number of sulfonamides is 1. The molecule has 1 fully saturated rings. The van der Waals surface area contributed by atoms with Crippen molar-refractivity contribution in [2.75, 3.05) is 11.8 Å². The summed E-state index contributed by atoms with van der Waals surface area (Å²) in [6.45, 7) is 0. The zero-order chi connectivity index (χ0) is 21.6. The molecule has 5 rings (SSSR count). The molecule has 1 saturated carbocycles. The standard InChI is InChI=1S/C21H22N6O3S/c1-26-21-15(11-23-26)4-3-5-19(21)25-31(28,29)18-12-24-27(13-18)20-10-14(6-7-22-20)16-8-17(9-16)30-2/h3-7,10-13,16-17,25H,8-9H2,1-2H3. The molecular formula is C21H22N6O3S. The predicted octanol–water partition coefficient (Wildman–Crippen LogP) is 2.85. The second kappa shape index (κ2) is 7.47. The molecule has 9 nitrogen and oxygen atoms in total. The van der Waals surface area contributed by atoms with Gasteiger partial charge >= 0.3 is 0 Å². The Kier molecular flexibility index (Phi) is 4.75. The van der Waals surface area contributed by atoms with E-state index in [0.717, 1.165) is 23.8 Å². The van der Waals surface area contributed by atoms with Crippen molar-refractivity contribution in [3.05, 3.63) is 60.7 Å². The summed E-state index contributed by atoms with van der Waals surface area (Å²) in [5.74, 6) is 1.00. The molecule has 0 radical (unpaired) electrons. The Bertz CT molecular complexity index is 1350. The van der Waals surface area contributed by atoms with E-state index in [1.807, 2.05) is 18.2 Å². The summed E-state index contributed by atoms with van der Waals surface area (Å²) in [4.78, 5) is 4.41. The van der Waals surface area contributed by atoms with Crippen molar-refractivity contribution in [2.24, 2.45) is 7.05 Å². The number of nitrogens with zero attached hydrogens (tertiary/aromatic N) is 5. The molecule has 0 bridgehead atoms. The number of pyridine rings is 1. The highest BCUT2D eigenvalue weighted by Crippen LogP contribution is 2.38. The fourth-order valence-electron chi connectivity index (χ4n) is 3.93. The Morgan fingerprint density at radius 2 is 2.00 bits per heavy atom. The van der Waals surface area contributed by atoms with Gasteiger partial charge in [-0.25, -0.2) is 18.1 Å². The number of hydrogen-bond acceptors (Lipinski definition) is 6. The van der Waals surface area contributed by atoms with E-state index in [-0.39, 0.29) is 4.90 Å². The second-order valence-electron chi connectivity index (χ2n) is 7.71. The lowest BCUT2D eigenvalue weighted by Crippen LogP contribution is -2.28. The molecule has 0 amide bonds. The van der Waals surface area contributed by atoms with Crippen LogP contribution in [0.4, 0.5) is 5.69 Å². The average molecular weight is 439 g/mol. The van der Waals surface area contributed by atoms with E-state index in [2.05, 4.69) is 19.9 Å². The summed E-state index contributed by atoms with van der Waals surface area (Å²) < 4.78 is 37.1. The SMILES string of the molecule is COC1CC(c2ccnc(-n3cc(S(=O)(=O)Nc4cccc5cnn(C)c45)cn3)c2)C1. The Morgan fingerprint density at radius 1 is 1.16 bits per heavy atom. The normalized spacial score (nSPS) is 18.8. The smallest absolute Gasteiger partial charge is 0.265 e. The summed E-state index contributed by atoms with van der Waals surface area (Å²) >= 11 is 0. The minimum atomic E-state index is -3.84. The summed E-state index contributed by atoms with van der Waals surface area (Å²) in [5.41, 5.74) is 2.32. The number of aromatic nitrogens is 5.